The second-order valence-electron chi connectivity index (χ2n) is 2.93. The Balaban J connectivity index is 2.55. The van der Waals surface area contributed by atoms with Crippen molar-refractivity contribution in [3.63, 3.8) is 0 Å². The third-order valence-corrected chi connectivity index (χ3v) is 2.81. The van der Waals surface area contributed by atoms with Gasteiger partial charge in [0.1, 0.15) is 0 Å². The highest BCUT2D eigenvalue weighted by molar-refractivity contribution is 9.10. The average molecular weight is 243 g/mol. The molecule has 0 spiro atoms. The molecule has 0 unspecified atom stereocenters. The molecular weight excluding hydrogens is 236 g/mol. The molecule has 1 aromatic rings. The molecule has 1 N–H and O–H groups in total. The Morgan fingerprint density at radius 2 is 2.23 bits per heavy atom. The van der Waals surface area contributed by atoms with Crippen LogP contribution in [-0.4, -0.2) is 4.92 Å². The Labute approximate surface area is 83.2 Å². The molecule has 0 atom stereocenters. The minimum absolute atomic E-state index is 0.148. The van der Waals surface area contributed by atoms with Crippen LogP contribution in [0.5, 0.6) is 0 Å². The van der Waals surface area contributed by atoms with Gasteiger partial charge in [0, 0.05) is 29.7 Å². The van der Waals surface area contributed by atoms with Gasteiger partial charge in [0.05, 0.1) is 4.92 Å². The number of nitrogens with one attached hydrogen (secondary N) is 1. The molecule has 0 saturated carbocycles. The Bertz CT molecular complexity index is 379. The smallest absolute Gasteiger partial charge is 0.270 e. The Morgan fingerprint density at radius 3 is 2.92 bits per heavy atom. The number of nitro groups is 1. The van der Waals surface area contributed by atoms with E-state index in [4.69, 9.17) is 0 Å². The molecule has 0 aromatic heterocycles. The van der Waals surface area contributed by atoms with Crippen molar-refractivity contribution in [1.29, 1.82) is 0 Å². The van der Waals surface area contributed by atoms with E-state index in [2.05, 4.69) is 21.2 Å². The molecule has 0 radical (unpaired) electrons. The van der Waals surface area contributed by atoms with Crippen molar-refractivity contribution in [3.05, 3.63) is 37.8 Å². The lowest BCUT2D eigenvalue weighted by molar-refractivity contribution is -0.385. The molecule has 5 heteroatoms. The molecule has 0 amide bonds. The maximum Gasteiger partial charge on any atom is 0.270 e. The Kier molecular flexibility index (Phi) is 2.05. The van der Waals surface area contributed by atoms with Crippen LogP contribution in [0.3, 0.4) is 0 Å². The number of rotatable bonds is 1. The van der Waals surface area contributed by atoms with E-state index in [1.165, 1.54) is 0 Å². The maximum absolute atomic E-state index is 10.5. The number of fused-ring (bicyclic) bond motifs is 1. The largest absolute Gasteiger partial charge is 0.309 e. The molecule has 1 aliphatic rings. The second kappa shape index (κ2) is 3.08. The summed E-state index contributed by atoms with van der Waals surface area (Å²) in [5.74, 6) is 0. The van der Waals surface area contributed by atoms with Gasteiger partial charge < -0.3 is 5.32 Å². The highest BCUT2D eigenvalue weighted by Gasteiger charge is 2.18. The van der Waals surface area contributed by atoms with Crippen LogP contribution in [0, 0.1) is 10.1 Å². The van der Waals surface area contributed by atoms with Crippen molar-refractivity contribution in [2.45, 2.75) is 13.1 Å². The molecule has 0 aliphatic carbocycles. The maximum atomic E-state index is 10.5. The van der Waals surface area contributed by atoms with E-state index < -0.39 is 0 Å². The van der Waals surface area contributed by atoms with Gasteiger partial charge in [-0.05, 0) is 11.1 Å². The third kappa shape index (κ3) is 1.45. The van der Waals surface area contributed by atoms with E-state index in [1.807, 2.05) is 0 Å². The first kappa shape index (κ1) is 8.65. The number of nitro benzene ring substituents is 1. The lowest BCUT2D eigenvalue weighted by Crippen LogP contribution is -2.00. The van der Waals surface area contributed by atoms with Crippen molar-refractivity contribution in [1.82, 2.24) is 5.32 Å². The summed E-state index contributed by atoms with van der Waals surface area (Å²) in [7, 11) is 0. The molecule has 68 valence electrons. The van der Waals surface area contributed by atoms with Crippen LogP contribution in [0.25, 0.3) is 0 Å². The molecule has 2 rings (SSSR count). The molecule has 0 fully saturated rings. The van der Waals surface area contributed by atoms with Gasteiger partial charge in [-0.15, -0.1) is 0 Å². The first-order chi connectivity index (χ1) is 6.18. The van der Waals surface area contributed by atoms with Crippen molar-refractivity contribution in [2.24, 2.45) is 0 Å². The third-order valence-electron chi connectivity index (χ3n) is 2.10. The van der Waals surface area contributed by atoms with Crippen molar-refractivity contribution < 1.29 is 4.92 Å². The molecule has 13 heavy (non-hydrogen) atoms. The molecule has 0 bridgehead atoms. The van der Waals surface area contributed by atoms with Gasteiger partial charge >= 0.3 is 0 Å². The number of hydrogen-bond donors (Lipinski definition) is 1. The zero-order chi connectivity index (χ0) is 9.42. The lowest BCUT2D eigenvalue weighted by atomic mass is 10.1. The van der Waals surface area contributed by atoms with E-state index in [9.17, 15) is 10.1 Å². The normalized spacial score (nSPS) is 14.2. The zero-order valence-corrected chi connectivity index (χ0v) is 8.30. The standard InChI is InChI=1S/C8H7BrN2O2/c9-8-2-6(11(12)13)1-5-3-10-4-7(5)8/h1-2,10H,3-4H2. The van der Waals surface area contributed by atoms with Gasteiger partial charge in [-0.2, -0.15) is 0 Å². The summed E-state index contributed by atoms with van der Waals surface area (Å²) < 4.78 is 0.821. The fourth-order valence-electron chi connectivity index (χ4n) is 1.46. The summed E-state index contributed by atoms with van der Waals surface area (Å²) in [6, 6.07) is 3.17. The second-order valence-corrected chi connectivity index (χ2v) is 3.78. The minimum Gasteiger partial charge on any atom is -0.309 e. The number of hydrogen-bond acceptors (Lipinski definition) is 3. The summed E-state index contributed by atoms with van der Waals surface area (Å²) in [6.45, 7) is 1.50. The van der Waals surface area contributed by atoms with Crippen LogP contribution in [0.4, 0.5) is 5.69 Å². The summed E-state index contributed by atoms with van der Waals surface area (Å²) in [4.78, 5) is 10.1. The van der Waals surface area contributed by atoms with E-state index in [-0.39, 0.29) is 10.6 Å². The molecule has 0 saturated heterocycles. The van der Waals surface area contributed by atoms with E-state index in [1.54, 1.807) is 12.1 Å². The number of halogens is 1. The minimum atomic E-state index is -0.372. The fraction of sp³-hybridized carbons (Fsp3) is 0.250. The molecule has 1 aromatic carbocycles. The highest BCUT2D eigenvalue weighted by Crippen LogP contribution is 2.29. The summed E-state index contributed by atoms with van der Waals surface area (Å²) in [5.41, 5.74) is 2.29. The lowest BCUT2D eigenvalue weighted by Gasteiger charge is -2.00. The van der Waals surface area contributed by atoms with E-state index >= 15 is 0 Å². The number of nitrogens with zero attached hydrogens (tertiary/aromatic N) is 1. The van der Waals surface area contributed by atoms with E-state index in [0.717, 1.165) is 28.7 Å². The predicted molar refractivity (Wildman–Crippen MR) is 51.3 cm³/mol. The van der Waals surface area contributed by atoms with E-state index in [0.29, 0.717) is 0 Å². The number of benzene rings is 1. The zero-order valence-electron chi connectivity index (χ0n) is 6.71. The first-order valence-electron chi connectivity index (χ1n) is 3.85. The quantitative estimate of drug-likeness (QED) is 0.605. The molecule has 1 aliphatic heterocycles. The molecule has 1 heterocycles. The van der Waals surface area contributed by atoms with Crippen molar-refractivity contribution in [2.75, 3.05) is 0 Å². The molecular formula is C8H7BrN2O2. The van der Waals surface area contributed by atoms with Crippen LogP contribution in [0.2, 0.25) is 0 Å². The van der Waals surface area contributed by atoms with Crippen molar-refractivity contribution in [3.8, 4) is 0 Å². The van der Waals surface area contributed by atoms with Gasteiger partial charge in [-0.3, -0.25) is 10.1 Å². The topological polar surface area (TPSA) is 55.2 Å². The fourth-order valence-corrected chi connectivity index (χ4v) is 2.09. The van der Waals surface area contributed by atoms with Gasteiger partial charge in [0.15, 0.2) is 0 Å². The van der Waals surface area contributed by atoms with Gasteiger partial charge in [0.25, 0.3) is 5.69 Å². The van der Waals surface area contributed by atoms with Crippen LogP contribution < -0.4 is 5.32 Å². The highest BCUT2D eigenvalue weighted by atomic mass is 79.9. The predicted octanol–water partition coefficient (Wildman–Crippen LogP) is 1.96. The summed E-state index contributed by atoms with van der Waals surface area (Å²) in [6.07, 6.45) is 0. The summed E-state index contributed by atoms with van der Waals surface area (Å²) >= 11 is 3.32. The average Bonchev–Trinajstić information content (AvgIpc) is 2.51. The SMILES string of the molecule is O=[N+]([O-])c1cc(Br)c2c(c1)CNC2. The van der Waals surface area contributed by atoms with Crippen LogP contribution in [-0.2, 0) is 13.1 Å². The molecule has 4 nitrogen and oxygen atoms in total. The van der Waals surface area contributed by atoms with Gasteiger partial charge in [-0.1, -0.05) is 15.9 Å². The van der Waals surface area contributed by atoms with Crippen LogP contribution in [0.15, 0.2) is 16.6 Å². The van der Waals surface area contributed by atoms with Crippen LogP contribution in [0.1, 0.15) is 11.1 Å². The number of non-ortho nitro benzene ring substituents is 1. The van der Waals surface area contributed by atoms with Crippen LogP contribution >= 0.6 is 15.9 Å². The Hall–Kier alpha value is -0.940. The Morgan fingerprint density at radius 1 is 1.46 bits per heavy atom. The first-order valence-corrected chi connectivity index (χ1v) is 4.64. The van der Waals surface area contributed by atoms with Gasteiger partial charge in [0.2, 0.25) is 0 Å². The summed E-state index contributed by atoms with van der Waals surface area (Å²) in [5, 5.41) is 13.7. The van der Waals surface area contributed by atoms with Crippen molar-refractivity contribution >= 4 is 21.6 Å². The monoisotopic (exact) mass is 242 g/mol. The van der Waals surface area contributed by atoms with Gasteiger partial charge in [-0.25, -0.2) is 0 Å².